The van der Waals surface area contributed by atoms with Crippen LogP contribution in [-0.2, 0) is 14.3 Å². The van der Waals surface area contributed by atoms with E-state index in [-0.39, 0.29) is 18.9 Å². The quantitative estimate of drug-likeness (QED) is 0.577. The minimum atomic E-state index is -0.617. The lowest BCUT2D eigenvalue weighted by molar-refractivity contribution is -0.147. The molecule has 132 valence electrons. The van der Waals surface area contributed by atoms with Gasteiger partial charge in [0.2, 0.25) is 0 Å². The number of nitriles is 1. The zero-order chi connectivity index (χ0) is 18.1. The second kappa shape index (κ2) is 9.33. The fraction of sp³-hybridized carbons (Fsp3) is 0.389. The highest BCUT2D eigenvalue weighted by atomic mass is 16.5. The van der Waals surface area contributed by atoms with E-state index in [2.05, 4.69) is 0 Å². The van der Waals surface area contributed by atoms with Crippen molar-refractivity contribution in [1.29, 1.82) is 5.26 Å². The zero-order valence-corrected chi connectivity index (χ0v) is 14.1. The fourth-order valence-electron chi connectivity index (χ4n) is 2.08. The van der Waals surface area contributed by atoms with E-state index in [1.54, 1.807) is 31.3 Å². The van der Waals surface area contributed by atoms with Gasteiger partial charge in [-0.1, -0.05) is 6.07 Å². The molecule has 0 radical (unpaired) electrons. The zero-order valence-electron chi connectivity index (χ0n) is 14.1. The largest absolute Gasteiger partial charge is 0.490 e. The van der Waals surface area contributed by atoms with Gasteiger partial charge in [0, 0.05) is 26.1 Å². The minimum Gasteiger partial charge on any atom is -0.490 e. The maximum Gasteiger partial charge on any atom is 0.331 e. The lowest BCUT2D eigenvalue weighted by Crippen LogP contribution is -2.31. The number of carbonyl (C=O) groups excluding carboxylic acids is 2. The van der Waals surface area contributed by atoms with Crippen molar-refractivity contribution in [3.8, 4) is 17.6 Å². The van der Waals surface area contributed by atoms with Crippen LogP contribution >= 0.6 is 0 Å². The van der Waals surface area contributed by atoms with Crippen molar-refractivity contribution < 1.29 is 23.8 Å². The van der Waals surface area contributed by atoms with Gasteiger partial charge in [-0.3, -0.25) is 4.79 Å². The molecule has 0 fully saturated rings. The molecule has 7 nitrogen and oxygen atoms in total. The number of hydrogen-bond donors (Lipinski definition) is 0. The van der Waals surface area contributed by atoms with Gasteiger partial charge in [-0.2, -0.15) is 5.26 Å². The molecule has 0 spiro atoms. The number of nitrogens with zero attached hydrogens (tertiary/aromatic N) is 2. The molecule has 1 amide bonds. The first-order valence-electron chi connectivity index (χ1n) is 7.95. The molecule has 7 heteroatoms. The molecule has 1 aromatic carbocycles. The molecule has 1 aliphatic heterocycles. The monoisotopic (exact) mass is 344 g/mol. The Hall–Kier alpha value is -3.01. The number of likely N-dealkylation sites (N-methyl/N-ethyl adjacent to an activating group) is 1. The second-order valence-electron chi connectivity index (χ2n) is 5.42. The smallest absolute Gasteiger partial charge is 0.331 e. The minimum absolute atomic E-state index is 0.236. The molecule has 0 atom stereocenters. The summed E-state index contributed by atoms with van der Waals surface area (Å²) >= 11 is 0. The van der Waals surface area contributed by atoms with Gasteiger partial charge in [-0.15, -0.1) is 0 Å². The van der Waals surface area contributed by atoms with Crippen LogP contribution in [0.15, 0.2) is 24.3 Å². The molecule has 0 aromatic heterocycles. The Balaban J connectivity index is 1.85. The van der Waals surface area contributed by atoms with Crippen LogP contribution in [0.25, 0.3) is 6.08 Å². The van der Waals surface area contributed by atoms with Crippen molar-refractivity contribution in [2.75, 3.05) is 33.4 Å². The molecular formula is C18H20N2O5. The van der Waals surface area contributed by atoms with Gasteiger partial charge in [0.25, 0.3) is 5.91 Å². The first-order chi connectivity index (χ1) is 12.1. The lowest BCUT2D eigenvalue weighted by atomic mass is 10.2. The van der Waals surface area contributed by atoms with Crippen molar-refractivity contribution in [2.45, 2.75) is 12.8 Å². The van der Waals surface area contributed by atoms with E-state index in [4.69, 9.17) is 19.5 Å². The number of benzene rings is 1. The number of ether oxygens (including phenoxy) is 3. The third-order valence-corrected chi connectivity index (χ3v) is 3.51. The molecule has 0 bridgehead atoms. The Labute approximate surface area is 146 Å². The predicted molar refractivity (Wildman–Crippen MR) is 89.9 cm³/mol. The van der Waals surface area contributed by atoms with E-state index in [1.165, 1.54) is 11.0 Å². The van der Waals surface area contributed by atoms with Crippen LogP contribution in [0.4, 0.5) is 0 Å². The number of esters is 1. The maximum absolute atomic E-state index is 11.7. The first kappa shape index (κ1) is 18.3. The molecule has 2 rings (SSSR count). The Morgan fingerprint density at radius 1 is 1.32 bits per heavy atom. The number of hydrogen-bond acceptors (Lipinski definition) is 6. The number of fused-ring (bicyclic) bond motifs is 1. The van der Waals surface area contributed by atoms with Crippen molar-refractivity contribution >= 4 is 18.0 Å². The van der Waals surface area contributed by atoms with E-state index in [9.17, 15) is 9.59 Å². The summed E-state index contributed by atoms with van der Waals surface area (Å²) in [7, 11) is 1.56. The summed E-state index contributed by atoms with van der Waals surface area (Å²) in [6.07, 6.45) is 3.89. The van der Waals surface area contributed by atoms with Crippen LogP contribution in [0.5, 0.6) is 11.5 Å². The SMILES string of the molecule is CN(CCC#N)C(=O)COC(=O)/C=C/c1ccc2c(c1)OCCCO2. The van der Waals surface area contributed by atoms with Gasteiger partial charge < -0.3 is 19.1 Å². The van der Waals surface area contributed by atoms with Gasteiger partial charge in [-0.05, 0) is 23.8 Å². The van der Waals surface area contributed by atoms with Crippen LogP contribution in [-0.4, -0.2) is 50.2 Å². The van der Waals surface area contributed by atoms with E-state index < -0.39 is 5.97 Å². The molecule has 0 saturated carbocycles. The summed E-state index contributed by atoms with van der Waals surface area (Å²) in [6.45, 7) is 1.15. The highest BCUT2D eigenvalue weighted by molar-refractivity contribution is 5.89. The van der Waals surface area contributed by atoms with E-state index in [0.29, 0.717) is 31.3 Å². The van der Waals surface area contributed by atoms with Crippen molar-refractivity contribution in [3.63, 3.8) is 0 Å². The fourth-order valence-corrected chi connectivity index (χ4v) is 2.08. The van der Waals surface area contributed by atoms with E-state index in [0.717, 1.165) is 12.0 Å². The number of amides is 1. The summed E-state index contributed by atoms with van der Waals surface area (Å²) in [5.41, 5.74) is 0.763. The van der Waals surface area contributed by atoms with Gasteiger partial charge >= 0.3 is 5.97 Å². The van der Waals surface area contributed by atoms with Gasteiger partial charge in [-0.25, -0.2) is 4.79 Å². The Morgan fingerprint density at radius 3 is 2.84 bits per heavy atom. The molecular weight excluding hydrogens is 324 g/mol. The first-order valence-corrected chi connectivity index (χ1v) is 7.95. The van der Waals surface area contributed by atoms with Crippen LogP contribution in [0.1, 0.15) is 18.4 Å². The Morgan fingerprint density at radius 2 is 2.08 bits per heavy atom. The third-order valence-electron chi connectivity index (χ3n) is 3.51. The van der Waals surface area contributed by atoms with Crippen LogP contribution in [0.2, 0.25) is 0 Å². The number of carbonyl (C=O) groups is 2. The summed E-state index contributed by atoms with van der Waals surface area (Å²) in [4.78, 5) is 24.8. The summed E-state index contributed by atoms with van der Waals surface area (Å²) < 4.78 is 16.0. The Bertz CT molecular complexity index is 693. The normalized spacial score (nSPS) is 13.0. The van der Waals surface area contributed by atoms with Crippen LogP contribution in [0, 0.1) is 11.3 Å². The third kappa shape index (κ3) is 5.84. The van der Waals surface area contributed by atoms with Gasteiger partial charge in [0.15, 0.2) is 18.1 Å². The Kier molecular flexibility index (Phi) is 6.84. The molecule has 1 aliphatic rings. The van der Waals surface area contributed by atoms with Crippen molar-refractivity contribution in [1.82, 2.24) is 4.90 Å². The van der Waals surface area contributed by atoms with Crippen molar-refractivity contribution in [2.24, 2.45) is 0 Å². The standard InChI is InChI=1S/C18H20N2O5/c1-20(9-2-8-19)17(21)13-25-18(22)7-5-14-4-6-15-16(12-14)24-11-3-10-23-15/h4-7,12H,2-3,9-11,13H2,1H3/b7-5+. The van der Waals surface area contributed by atoms with Crippen molar-refractivity contribution in [3.05, 3.63) is 29.8 Å². The van der Waals surface area contributed by atoms with Gasteiger partial charge in [0.05, 0.1) is 25.7 Å². The maximum atomic E-state index is 11.7. The summed E-state index contributed by atoms with van der Waals surface area (Å²) in [6, 6.07) is 7.33. The van der Waals surface area contributed by atoms with Gasteiger partial charge in [0.1, 0.15) is 0 Å². The molecule has 0 unspecified atom stereocenters. The van der Waals surface area contributed by atoms with E-state index >= 15 is 0 Å². The average molecular weight is 344 g/mol. The molecule has 25 heavy (non-hydrogen) atoms. The summed E-state index contributed by atoms with van der Waals surface area (Å²) in [5.74, 6) is 0.354. The van der Waals surface area contributed by atoms with Crippen LogP contribution < -0.4 is 9.47 Å². The molecule has 0 saturated heterocycles. The molecule has 0 aliphatic carbocycles. The molecule has 1 heterocycles. The topological polar surface area (TPSA) is 88.9 Å². The molecule has 1 aromatic rings. The van der Waals surface area contributed by atoms with E-state index in [1.807, 2.05) is 6.07 Å². The average Bonchev–Trinajstić information content (AvgIpc) is 2.87. The highest BCUT2D eigenvalue weighted by Crippen LogP contribution is 2.30. The summed E-state index contributed by atoms with van der Waals surface area (Å²) in [5, 5.41) is 8.48. The second-order valence-corrected chi connectivity index (χ2v) is 5.42. The lowest BCUT2D eigenvalue weighted by Gasteiger charge is -2.14. The molecule has 0 N–H and O–H groups in total. The highest BCUT2D eigenvalue weighted by Gasteiger charge is 2.11. The predicted octanol–water partition coefficient (Wildman–Crippen LogP) is 1.78. The van der Waals surface area contributed by atoms with Crippen LogP contribution in [0.3, 0.4) is 0 Å². The number of rotatable bonds is 6.